The van der Waals surface area contributed by atoms with Crippen LogP contribution in [0.25, 0.3) is 0 Å². The minimum Gasteiger partial charge on any atom is -0.383 e. The molecule has 116 valence electrons. The fraction of sp³-hybridized carbons (Fsp3) is 0.800. The van der Waals surface area contributed by atoms with Crippen LogP contribution in [0.1, 0.15) is 44.7 Å². The molecule has 0 spiro atoms. The Balaban J connectivity index is 2.77. The van der Waals surface area contributed by atoms with Crippen LogP contribution in [0.5, 0.6) is 0 Å². The molecule has 0 aromatic carbocycles. The van der Waals surface area contributed by atoms with Crippen molar-refractivity contribution in [1.82, 2.24) is 10.3 Å². The Labute approximate surface area is 127 Å². The second-order valence-corrected chi connectivity index (χ2v) is 6.68. The number of hydrogen-bond donors (Lipinski definition) is 1. The summed E-state index contributed by atoms with van der Waals surface area (Å²) in [7, 11) is 3.87. The van der Waals surface area contributed by atoms with Crippen LogP contribution in [0.4, 0.5) is 5.13 Å². The molecule has 1 N–H and O–H groups in total. The fourth-order valence-electron chi connectivity index (χ4n) is 1.80. The van der Waals surface area contributed by atoms with Gasteiger partial charge in [-0.2, -0.15) is 0 Å². The highest BCUT2D eigenvalue weighted by Crippen LogP contribution is 2.31. The summed E-state index contributed by atoms with van der Waals surface area (Å²) in [4.78, 5) is 8.46. The maximum Gasteiger partial charge on any atom is 0.186 e. The van der Waals surface area contributed by atoms with Gasteiger partial charge in [0.15, 0.2) is 5.13 Å². The number of aromatic nitrogens is 1. The number of nitrogens with one attached hydrogen (secondary N) is 1. The van der Waals surface area contributed by atoms with Crippen molar-refractivity contribution in [1.29, 1.82) is 0 Å². The molecule has 1 aromatic rings. The number of hydrogen-bond acceptors (Lipinski definition) is 5. The highest BCUT2D eigenvalue weighted by Gasteiger charge is 2.24. The smallest absolute Gasteiger partial charge is 0.186 e. The van der Waals surface area contributed by atoms with E-state index < -0.39 is 0 Å². The van der Waals surface area contributed by atoms with Crippen molar-refractivity contribution in [3.63, 3.8) is 0 Å². The third kappa shape index (κ3) is 4.43. The Morgan fingerprint density at radius 2 is 2.05 bits per heavy atom. The van der Waals surface area contributed by atoms with Gasteiger partial charge in [-0.25, -0.2) is 4.98 Å². The molecule has 0 aliphatic rings. The molecule has 0 bridgehead atoms. The van der Waals surface area contributed by atoms with Crippen molar-refractivity contribution < 1.29 is 4.74 Å². The van der Waals surface area contributed by atoms with Crippen molar-refractivity contribution in [3.8, 4) is 0 Å². The molecule has 0 radical (unpaired) electrons. The number of aryl methyl sites for hydroxylation is 1. The average molecular weight is 299 g/mol. The van der Waals surface area contributed by atoms with E-state index in [1.165, 1.54) is 10.6 Å². The summed E-state index contributed by atoms with van der Waals surface area (Å²) in [6.07, 6.45) is 2.09. The lowest BCUT2D eigenvalue weighted by Gasteiger charge is -2.34. The van der Waals surface area contributed by atoms with Crippen LogP contribution >= 0.6 is 11.3 Å². The van der Waals surface area contributed by atoms with E-state index in [0.717, 1.165) is 37.7 Å². The van der Waals surface area contributed by atoms with Crippen LogP contribution in [-0.2, 0) is 17.7 Å². The topological polar surface area (TPSA) is 37.4 Å². The van der Waals surface area contributed by atoms with Gasteiger partial charge in [0, 0.05) is 37.7 Å². The Kier molecular flexibility index (Phi) is 6.92. The van der Waals surface area contributed by atoms with E-state index in [-0.39, 0.29) is 5.54 Å². The highest BCUT2D eigenvalue weighted by atomic mass is 32.1. The summed E-state index contributed by atoms with van der Waals surface area (Å²) in [6, 6.07) is 0. The molecule has 1 heterocycles. The Bertz CT molecular complexity index is 404. The summed E-state index contributed by atoms with van der Waals surface area (Å²) in [6.45, 7) is 11.4. The molecule has 0 aliphatic heterocycles. The van der Waals surface area contributed by atoms with Crippen LogP contribution in [0.3, 0.4) is 0 Å². The third-order valence-corrected chi connectivity index (χ3v) is 5.10. The highest BCUT2D eigenvalue weighted by molar-refractivity contribution is 7.15. The number of anilines is 1. The second kappa shape index (κ2) is 7.96. The summed E-state index contributed by atoms with van der Waals surface area (Å²) in [5.74, 6) is 0. The summed E-state index contributed by atoms with van der Waals surface area (Å²) in [5, 5.41) is 4.53. The lowest BCUT2D eigenvalue weighted by atomic mass is 10.0. The van der Waals surface area contributed by atoms with Crippen molar-refractivity contribution in [2.75, 3.05) is 32.2 Å². The van der Waals surface area contributed by atoms with E-state index in [9.17, 15) is 0 Å². The number of ether oxygens (including phenoxy) is 1. The van der Waals surface area contributed by atoms with Crippen LogP contribution < -0.4 is 10.2 Å². The normalized spacial score (nSPS) is 11.9. The first-order chi connectivity index (χ1) is 9.46. The lowest BCUT2D eigenvalue weighted by molar-refractivity contribution is 0.199. The molecule has 20 heavy (non-hydrogen) atoms. The SMILES string of the molecule is CCc1nc(N(C)C(C)(C)CC)sc1CNCCOC. The predicted molar refractivity (Wildman–Crippen MR) is 87.8 cm³/mol. The monoisotopic (exact) mass is 299 g/mol. The van der Waals surface area contributed by atoms with Crippen LogP contribution in [0.15, 0.2) is 0 Å². The van der Waals surface area contributed by atoms with E-state index in [1.807, 2.05) is 0 Å². The van der Waals surface area contributed by atoms with Gasteiger partial charge in [-0.1, -0.05) is 13.8 Å². The van der Waals surface area contributed by atoms with Crippen molar-refractivity contribution >= 4 is 16.5 Å². The average Bonchev–Trinajstić information content (AvgIpc) is 2.85. The van der Waals surface area contributed by atoms with Crippen LogP contribution in [0, 0.1) is 0 Å². The first-order valence-electron chi connectivity index (χ1n) is 7.38. The van der Waals surface area contributed by atoms with E-state index >= 15 is 0 Å². The molecule has 0 saturated heterocycles. The molecule has 1 aromatic heterocycles. The minimum absolute atomic E-state index is 0.142. The molecule has 4 nitrogen and oxygen atoms in total. The Morgan fingerprint density at radius 1 is 1.35 bits per heavy atom. The number of thiazole rings is 1. The van der Waals surface area contributed by atoms with Gasteiger partial charge in [-0.3, -0.25) is 0 Å². The number of rotatable bonds is 9. The lowest BCUT2D eigenvalue weighted by Crippen LogP contribution is -2.40. The molecule has 1 rings (SSSR count). The zero-order valence-electron chi connectivity index (χ0n) is 13.7. The van der Waals surface area contributed by atoms with Crippen molar-refractivity contribution in [2.24, 2.45) is 0 Å². The summed E-state index contributed by atoms with van der Waals surface area (Å²) >= 11 is 1.80. The maximum absolute atomic E-state index is 5.06. The van der Waals surface area contributed by atoms with Gasteiger partial charge in [-0.15, -0.1) is 11.3 Å². The van der Waals surface area contributed by atoms with E-state index in [2.05, 4.69) is 45.0 Å². The van der Waals surface area contributed by atoms with Gasteiger partial charge in [0.2, 0.25) is 0 Å². The van der Waals surface area contributed by atoms with Gasteiger partial charge in [0.25, 0.3) is 0 Å². The van der Waals surface area contributed by atoms with E-state index in [0.29, 0.717) is 0 Å². The standard InChI is InChI=1S/C15H29N3OS/c1-7-12-13(11-16-9-10-19-6)20-14(17-12)18(5)15(3,4)8-2/h16H,7-11H2,1-6H3. The Hall–Kier alpha value is -0.650. The number of nitrogens with zero attached hydrogens (tertiary/aromatic N) is 2. The first kappa shape index (κ1) is 17.4. The predicted octanol–water partition coefficient (Wildman–Crippen LogP) is 3.07. The van der Waals surface area contributed by atoms with Gasteiger partial charge >= 0.3 is 0 Å². The zero-order valence-corrected chi connectivity index (χ0v) is 14.6. The largest absolute Gasteiger partial charge is 0.383 e. The fourth-order valence-corrected chi connectivity index (χ4v) is 3.04. The summed E-state index contributed by atoms with van der Waals surface area (Å²) < 4.78 is 5.06. The van der Waals surface area contributed by atoms with Gasteiger partial charge < -0.3 is 15.0 Å². The molecule has 0 atom stereocenters. The molecule has 0 amide bonds. The van der Waals surface area contributed by atoms with Gasteiger partial charge in [0.1, 0.15) is 0 Å². The molecular formula is C15H29N3OS. The van der Waals surface area contributed by atoms with Crippen LogP contribution in [0.2, 0.25) is 0 Å². The molecular weight excluding hydrogens is 270 g/mol. The molecule has 0 unspecified atom stereocenters. The summed E-state index contributed by atoms with van der Waals surface area (Å²) in [5.41, 5.74) is 1.36. The first-order valence-corrected chi connectivity index (χ1v) is 8.20. The van der Waals surface area contributed by atoms with E-state index in [4.69, 9.17) is 9.72 Å². The van der Waals surface area contributed by atoms with Crippen LogP contribution in [-0.4, -0.2) is 37.8 Å². The minimum atomic E-state index is 0.142. The number of methoxy groups -OCH3 is 1. The third-order valence-electron chi connectivity index (χ3n) is 3.93. The maximum atomic E-state index is 5.06. The van der Waals surface area contributed by atoms with Gasteiger partial charge in [-0.05, 0) is 26.7 Å². The molecule has 0 fully saturated rings. The van der Waals surface area contributed by atoms with Crippen molar-refractivity contribution in [3.05, 3.63) is 10.6 Å². The van der Waals surface area contributed by atoms with E-state index in [1.54, 1.807) is 18.4 Å². The Morgan fingerprint density at radius 3 is 2.60 bits per heavy atom. The van der Waals surface area contributed by atoms with Crippen molar-refractivity contribution in [2.45, 2.75) is 52.6 Å². The quantitative estimate of drug-likeness (QED) is 0.711. The molecule has 5 heteroatoms. The second-order valence-electron chi connectivity index (χ2n) is 5.61. The molecule has 0 saturated carbocycles. The van der Waals surface area contributed by atoms with Gasteiger partial charge in [0.05, 0.1) is 12.3 Å². The molecule has 0 aliphatic carbocycles. The zero-order chi connectivity index (χ0) is 15.2.